The van der Waals surface area contributed by atoms with E-state index in [9.17, 15) is 4.79 Å². The zero-order chi connectivity index (χ0) is 15.6. The lowest BCUT2D eigenvalue weighted by atomic mass is 9.84. The van der Waals surface area contributed by atoms with E-state index in [-0.39, 0.29) is 0 Å². The Bertz CT molecular complexity index is 480. The summed E-state index contributed by atoms with van der Waals surface area (Å²) in [7, 11) is 1.29. The first-order valence-corrected chi connectivity index (χ1v) is 7.01. The SMILES string of the molecule is COC(=O)[C@H](C)O/N=C1/C=C[C@@](C)(C(Cl)(Cl)Cl)C=C1C. The van der Waals surface area contributed by atoms with Gasteiger partial charge in [0.05, 0.1) is 12.5 Å². The molecule has 0 unspecified atom stereocenters. The number of halogens is 3. The predicted molar refractivity (Wildman–Crippen MR) is 81.3 cm³/mol. The standard InChI is InChI=1S/C13H16Cl3NO3/c1-8-7-12(3,13(14,15)16)6-5-10(8)17-20-9(2)11(18)19-4/h5-7,9H,1-4H3/b17-10-/t9-,12+/m0/s1. The number of carbonyl (C=O) groups is 1. The highest BCUT2D eigenvalue weighted by Crippen LogP contribution is 2.48. The summed E-state index contributed by atoms with van der Waals surface area (Å²) in [6.45, 7) is 5.17. The minimum atomic E-state index is -1.46. The lowest BCUT2D eigenvalue weighted by Crippen LogP contribution is -2.31. The normalized spacial score (nSPS) is 26.1. The molecule has 20 heavy (non-hydrogen) atoms. The monoisotopic (exact) mass is 339 g/mol. The summed E-state index contributed by atoms with van der Waals surface area (Å²) in [6.07, 6.45) is 4.44. The van der Waals surface area contributed by atoms with Gasteiger partial charge in [0.1, 0.15) is 5.71 Å². The molecular weight excluding hydrogens is 325 g/mol. The number of methoxy groups -OCH3 is 1. The Morgan fingerprint density at radius 1 is 1.45 bits per heavy atom. The highest BCUT2D eigenvalue weighted by atomic mass is 35.6. The van der Waals surface area contributed by atoms with Crippen molar-refractivity contribution in [2.75, 3.05) is 7.11 Å². The third-order valence-corrected chi connectivity index (χ3v) is 4.18. The summed E-state index contributed by atoms with van der Waals surface area (Å²) in [5, 5.41) is 3.91. The third kappa shape index (κ3) is 3.90. The number of hydrogen-bond acceptors (Lipinski definition) is 4. The average Bonchev–Trinajstić information content (AvgIpc) is 2.35. The van der Waals surface area contributed by atoms with Gasteiger partial charge in [-0.3, -0.25) is 0 Å². The summed E-state index contributed by atoms with van der Waals surface area (Å²) in [6, 6.07) is 0. The van der Waals surface area contributed by atoms with Gasteiger partial charge in [0.15, 0.2) is 0 Å². The zero-order valence-electron chi connectivity index (χ0n) is 11.6. The van der Waals surface area contributed by atoms with Crippen LogP contribution in [0, 0.1) is 5.41 Å². The number of hydrogen-bond donors (Lipinski definition) is 0. The number of alkyl halides is 3. The number of ether oxygens (including phenoxy) is 1. The molecule has 0 aliphatic heterocycles. The Hall–Kier alpha value is -0.710. The molecule has 0 aromatic rings. The molecule has 0 saturated heterocycles. The van der Waals surface area contributed by atoms with Crippen molar-refractivity contribution in [3.05, 3.63) is 23.8 Å². The van der Waals surface area contributed by atoms with Crippen molar-refractivity contribution < 1.29 is 14.4 Å². The second-order valence-corrected chi connectivity index (χ2v) is 6.97. The predicted octanol–water partition coefficient (Wildman–Crippen LogP) is 3.81. The molecule has 0 radical (unpaired) electrons. The average molecular weight is 341 g/mol. The van der Waals surface area contributed by atoms with E-state index < -0.39 is 21.3 Å². The van der Waals surface area contributed by atoms with Gasteiger partial charge in [-0.05, 0) is 32.4 Å². The molecule has 7 heteroatoms. The Balaban J connectivity index is 2.86. The van der Waals surface area contributed by atoms with E-state index in [4.69, 9.17) is 39.6 Å². The molecule has 0 N–H and O–H groups in total. The summed E-state index contributed by atoms with van der Waals surface area (Å²) < 4.78 is 3.08. The van der Waals surface area contributed by atoms with Gasteiger partial charge in [0, 0.05) is 0 Å². The van der Waals surface area contributed by atoms with Crippen molar-refractivity contribution >= 4 is 46.5 Å². The van der Waals surface area contributed by atoms with E-state index in [0.717, 1.165) is 5.57 Å². The summed E-state index contributed by atoms with van der Waals surface area (Å²) in [5.41, 5.74) is 0.625. The number of carbonyl (C=O) groups excluding carboxylic acids is 1. The van der Waals surface area contributed by atoms with E-state index >= 15 is 0 Å². The first kappa shape index (κ1) is 17.3. The summed E-state index contributed by atoms with van der Waals surface area (Å²) in [4.78, 5) is 16.3. The highest BCUT2D eigenvalue weighted by molar-refractivity contribution is 6.68. The van der Waals surface area contributed by atoms with Crippen LogP contribution in [0.15, 0.2) is 29.0 Å². The highest BCUT2D eigenvalue weighted by Gasteiger charge is 2.42. The Labute approximate surface area is 133 Å². The molecule has 0 heterocycles. The van der Waals surface area contributed by atoms with Crippen LogP contribution in [-0.2, 0) is 14.4 Å². The quantitative estimate of drug-likeness (QED) is 0.446. The van der Waals surface area contributed by atoms with Gasteiger partial charge in [-0.15, -0.1) is 0 Å². The van der Waals surface area contributed by atoms with Crippen LogP contribution in [0.3, 0.4) is 0 Å². The summed E-state index contributed by atoms with van der Waals surface area (Å²) >= 11 is 17.9. The molecule has 0 amide bonds. The van der Waals surface area contributed by atoms with Crippen molar-refractivity contribution in [1.82, 2.24) is 0 Å². The van der Waals surface area contributed by atoms with E-state index in [1.54, 1.807) is 32.1 Å². The van der Waals surface area contributed by atoms with Gasteiger partial charge >= 0.3 is 5.97 Å². The van der Waals surface area contributed by atoms with E-state index in [1.165, 1.54) is 7.11 Å². The van der Waals surface area contributed by atoms with Gasteiger partial charge in [0.2, 0.25) is 9.90 Å². The van der Waals surface area contributed by atoms with Crippen LogP contribution in [-0.4, -0.2) is 28.7 Å². The molecule has 1 rings (SSSR count). The largest absolute Gasteiger partial charge is 0.466 e. The molecule has 1 aliphatic rings. The van der Waals surface area contributed by atoms with E-state index in [0.29, 0.717) is 5.71 Å². The number of oxime groups is 1. The van der Waals surface area contributed by atoms with Crippen molar-refractivity contribution in [1.29, 1.82) is 0 Å². The third-order valence-electron chi connectivity index (χ3n) is 2.96. The van der Waals surface area contributed by atoms with Crippen LogP contribution in [0.1, 0.15) is 20.8 Å². The number of esters is 1. The van der Waals surface area contributed by atoms with Gasteiger partial charge in [-0.1, -0.05) is 52.1 Å². The van der Waals surface area contributed by atoms with Crippen LogP contribution in [0.25, 0.3) is 0 Å². The topological polar surface area (TPSA) is 47.9 Å². The molecule has 4 nitrogen and oxygen atoms in total. The van der Waals surface area contributed by atoms with E-state index in [2.05, 4.69) is 9.89 Å². The molecule has 2 atom stereocenters. The molecule has 0 fully saturated rings. The Morgan fingerprint density at radius 3 is 2.50 bits per heavy atom. The fourth-order valence-electron chi connectivity index (χ4n) is 1.58. The maximum atomic E-state index is 11.2. The van der Waals surface area contributed by atoms with Crippen LogP contribution in [0.5, 0.6) is 0 Å². The minimum Gasteiger partial charge on any atom is -0.466 e. The Morgan fingerprint density at radius 2 is 2.05 bits per heavy atom. The van der Waals surface area contributed by atoms with Crippen LogP contribution in [0.2, 0.25) is 0 Å². The van der Waals surface area contributed by atoms with Gasteiger partial charge in [-0.2, -0.15) is 0 Å². The molecule has 0 spiro atoms. The lowest BCUT2D eigenvalue weighted by Gasteiger charge is -2.33. The molecule has 0 bridgehead atoms. The maximum Gasteiger partial charge on any atom is 0.349 e. The van der Waals surface area contributed by atoms with Crippen LogP contribution < -0.4 is 0 Å². The van der Waals surface area contributed by atoms with Crippen molar-refractivity contribution in [2.45, 2.75) is 30.7 Å². The first-order valence-electron chi connectivity index (χ1n) is 5.88. The lowest BCUT2D eigenvalue weighted by molar-refractivity contribution is -0.152. The van der Waals surface area contributed by atoms with Gasteiger partial charge in [0.25, 0.3) is 0 Å². The second kappa shape index (κ2) is 6.37. The number of rotatable bonds is 3. The molecule has 0 aromatic heterocycles. The van der Waals surface area contributed by atoms with Crippen molar-refractivity contribution in [3.8, 4) is 0 Å². The fourth-order valence-corrected chi connectivity index (χ4v) is 1.93. The molecule has 0 saturated carbocycles. The molecule has 1 aliphatic carbocycles. The van der Waals surface area contributed by atoms with Gasteiger partial charge < -0.3 is 9.57 Å². The number of allylic oxidation sites excluding steroid dienone is 4. The van der Waals surface area contributed by atoms with Crippen LogP contribution >= 0.6 is 34.8 Å². The minimum absolute atomic E-state index is 0.498. The van der Waals surface area contributed by atoms with Crippen molar-refractivity contribution in [2.24, 2.45) is 10.6 Å². The van der Waals surface area contributed by atoms with Crippen molar-refractivity contribution in [3.63, 3.8) is 0 Å². The molecular formula is C13H16Cl3NO3. The number of nitrogens with zero attached hydrogens (tertiary/aromatic N) is 1. The Kier molecular flexibility index (Phi) is 5.53. The first-order chi connectivity index (χ1) is 9.10. The molecule has 112 valence electrons. The second-order valence-electron chi connectivity index (χ2n) is 4.69. The summed E-state index contributed by atoms with van der Waals surface area (Å²) in [5.74, 6) is -0.498. The van der Waals surface area contributed by atoms with Crippen LogP contribution in [0.4, 0.5) is 0 Å². The van der Waals surface area contributed by atoms with Gasteiger partial charge in [-0.25, -0.2) is 4.79 Å². The molecule has 0 aromatic carbocycles. The fraction of sp³-hybridized carbons (Fsp3) is 0.538. The smallest absolute Gasteiger partial charge is 0.349 e. The maximum absolute atomic E-state index is 11.2. The zero-order valence-corrected chi connectivity index (χ0v) is 13.9. The van der Waals surface area contributed by atoms with E-state index in [1.807, 2.05) is 6.92 Å².